The van der Waals surface area contributed by atoms with Crippen LogP contribution in [0.4, 0.5) is 0 Å². The van der Waals surface area contributed by atoms with Crippen LogP contribution in [0, 0.1) is 41.4 Å². The van der Waals surface area contributed by atoms with Crippen LogP contribution >= 0.6 is 0 Å². The third-order valence-corrected chi connectivity index (χ3v) is 12.0. The Balaban J connectivity index is 1.22. The van der Waals surface area contributed by atoms with Gasteiger partial charge in [0.05, 0.1) is 12.0 Å². The van der Waals surface area contributed by atoms with Crippen LogP contribution in [0.2, 0.25) is 0 Å². The van der Waals surface area contributed by atoms with Crippen molar-refractivity contribution in [3.05, 3.63) is 47.5 Å². The molecule has 4 heteroatoms. The Morgan fingerprint density at radius 3 is 1.93 bits per heavy atom. The Bertz CT molecular complexity index is 1260. The normalized spacial score (nSPS) is 31.3. The van der Waals surface area contributed by atoms with Gasteiger partial charge < -0.3 is 14.2 Å². The monoisotopic (exact) mass is 588 g/mol. The number of hydrogen-bond acceptors (Lipinski definition) is 4. The molecule has 5 rings (SSSR count). The molecule has 0 N–H and O–H groups in total. The van der Waals surface area contributed by atoms with Gasteiger partial charge in [-0.15, -0.1) is 0 Å². The molecular formula is C39H56O4. The van der Waals surface area contributed by atoms with E-state index in [1.165, 1.54) is 54.4 Å². The predicted octanol–water partition coefficient (Wildman–Crippen LogP) is 10.2. The first kappa shape index (κ1) is 32.1. The van der Waals surface area contributed by atoms with Gasteiger partial charge in [0.15, 0.2) is 6.79 Å². The average Bonchev–Trinajstić information content (AvgIpc) is 3.20. The summed E-state index contributed by atoms with van der Waals surface area (Å²) in [4.78, 5) is 13.4. The largest absolute Gasteiger partial charge is 0.468 e. The summed E-state index contributed by atoms with van der Waals surface area (Å²) in [6, 6.07) is 12.6. The van der Waals surface area contributed by atoms with Crippen molar-refractivity contribution in [2.45, 2.75) is 118 Å². The Morgan fingerprint density at radius 1 is 0.744 bits per heavy atom. The second-order valence-corrected chi connectivity index (χ2v) is 14.7. The van der Waals surface area contributed by atoms with Crippen molar-refractivity contribution in [2.75, 3.05) is 6.79 Å². The molecule has 0 spiro atoms. The van der Waals surface area contributed by atoms with E-state index in [2.05, 4.69) is 85.7 Å². The Morgan fingerprint density at radius 2 is 1.30 bits per heavy atom. The molecular weight excluding hydrogens is 532 g/mol. The summed E-state index contributed by atoms with van der Waals surface area (Å²) in [6.07, 6.45) is 9.75. The highest BCUT2D eigenvalue weighted by molar-refractivity contribution is 5.83. The summed E-state index contributed by atoms with van der Waals surface area (Å²) in [5.41, 5.74) is 4.63. The van der Waals surface area contributed by atoms with Crippen LogP contribution in [-0.2, 0) is 14.9 Å². The number of fused-ring (bicyclic) bond motifs is 3. The maximum Gasteiger partial charge on any atom is 0.314 e. The molecule has 3 aliphatic carbocycles. The fourth-order valence-electron chi connectivity index (χ4n) is 8.74. The third-order valence-electron chi connectivity index (χ3n) is 12.0. The summed E-state index contributed by atoms with van der Waals surface area (Å²) in [5.74, 6) is 5.08. The summed E-state index contributed by atoms with van der Waals surface area (Å²) in [6.45, 7) is 18.6. The Labute approximate surface area is 261 Å². The van der Waals surface area contributed by atoms with Gasteiger partial charge in [0.25, 0.3) is 0 Å². The van der Waals surface area contributed by atoms with E-state index in [1.54, 1.807) is 0 Å². The molecule has 0 radical (unpaired) electrons. The fourth-order valence-corrected chi connectivity index (χ4v) is 8.74. The molecule has 8 unspecified atom stereocenters. The highest BCUT2D eigenvalue weighted by atomic mass is 16.7. The molecule has 4 nitrogen and oxygen atoms in total. The van der Waals surface area contributed by atoms with Gasteiger partial charge in [-0.25, -0.2) is 0 Å². The van der Waals surface area contributed by atoms with Crippen LogP contribution in [0.25, 0.3) is 11.1 Å². The first-order chi connectivity index (χ1) is 20.6. The van der Waals surface area contributed by atoms with Crippen molar-refractivity contribution in [1.82, 2.24) is 0 Å². The van der Waals surface area contributed by atoms with Gasteiger partial charge in [-0.2, -0.15) is 0 Å². The molecule has 0 saturated heterocycles. The van der Waals surface area contributed by atoms with Crippen LogP contribution in [0.5, 0.6) is 11.5 Å². The summed E-state index contributed by atoms with van der Waals surface area (Å²) in [5, 5.41) is 0. The molecule has 2 aromatic rings. The van der Waals surface area contributed by atoms with Crippen molar-refractivity contribution in [3.63, 3.8) is 0 Å². The Kier molecular flexibility index (Phi) is 9.96. The topological polar surface area (TPSA) is 44.8 Å². The summed E-state index contributed by atoms with van der Waals surface area (Å²) < 4.78 is 18.5. The quantitative estimate of drug-likeness (QED) is 0.157. The first-order valence-corrected chi connectivity index (χ1v) is 17.3. The molecule has 236 valence electrons. The molecule has 0 aromatic heterocycles. The second kappa shape index (κ2) is 13.3. The molecule has 0 heterocycles. The molecule has 0 aliphatic heterocycles. The lowest BCUT2D eigenvalue weighted by Crippen LogP contribution is -2.37. The second-order valence-electron chi connectivity index (χ2n) is 14.7. The van der Waals surface area contributed by atoms with E-state index in [0.29, 0.717) is 29.4 Å². The molecule has 0 amide bonds. The maximum atomic E-state index is 13.4. The molecule has 2 saturated carbocycles. The lowest BCUT2D eigenvalue weighted by molar-refractivity contribution is -0.143. The van der Waals surface area contributed by atoms with Crippen molar-refractivity contribution in [1.29, 1.82) is 0 Å². The van der Waals surface area contributed by atoms with Crippen molar-refractivity contribution >= 4 is 5.97 Å². The van der Waals surface area contributed by atoms with Gasteiger partial charge in [-0.1, -0.05) is 93.2 Å². The lowest BCUT2D eigenvalue weighted by atomic mass is 9.67. The Hall–Kier alpha value is -2.33. The minimum absolute atomic E-state index is 0.0268. The third kappa shape index (κ3) is 6.42. The van der Waals surface area contributed by atoms with E-state index in [9.17, 15) is 4.79 Å². The van der Waals surface area contributed by atoms with Gasteiger partial charge in [0, 0.05) is 5.41 Å². The number of rotatable bonds is 10. The van der Waals surface area contributed by atoms with Gasteiger partial charge in [0.1, 0.15) is 11.5 Å². The number of esters is 1. The standard InChI is InChI=1S/C39H56O4/c1-9-11-28-13-17-32(26(5)24(28)3)38(40)43-31-16-19-34-33-18-15-30(21-35(33)39(7,8)36(34)22-31)41-23-42-37-20-14-29(12-10-2)25(4)27(37)6/h15-16,18-19,21-22,24-29,32,37H,9-14,17,20,23H2,1-8H3. The zero-order valence-electron chi connectivity index (χ0n) is 28.1. The molecule has 2 aromatic carbocycles. The van der Waals surface area contributed by atoms with E-state index >= 15 is 0 Å². The van der Waals surface area contributed by atoms with Gasteiger partial charge in [0.2, 0.25) is 0 Å². The molecule has 8 atom stereocenters. The molecule has 3 aliphatic rings. The van der Waals surface area contributed by atoms with E-state index in [0.717, 1.165) is 36.8 Å². The highest BCUT2D eigenvalue weighted by Crippen LogP contribution is 2.51. The highest BCUT2D eigenvalue weighted by Gasteiger charge is 2.40. The maximum absolute atomic E-state index is 13.4. The number of carbonyl (C=O) groups excluding carboxylic acids is 1. The minimum atomic E-state index is -0.227. The predicted molar refractivity (Wildman–Crippen MR) is 175 cm³/mol. The van der Waals surface area contributed by atoms with Gasteiger partial charge in [-0.05, 0) is 108 Å². The average molecular weight is 589 g/mol. The number of ether oxygens (including phenoxy) is 3. The van der Waals surface area contributed by atoms with Crippen LogP contribution in [0.15, 0.2) is 36.4 Å². The van der Waals surface area contributed by atoms with Crippen molar-refractivity contribution in [2.24, 2.45) is 41.4 Å². The van der Waals surface area contributed by atoms with Crippen molar-refractivity contribution in [3.8, 4) is 22.6 Å². The number of carbonyl (C=O) groups is 1. The lowest BCUT2D eigenvalue weighted by Gasteiger charge is -2.39. The van der Waals surface area contributed by atoms with E-state index in [-0.39, 0.29) is 30.2 Å². The molecule has 2 fully saturated rings. The summed E-state index contributed by atoms with van der Waals surface area (Å²) >= 11 is 0. The molecule has 0 bridgehead atoms. The first-order valence-electron chi connectivity index (χ1n) is 17.3. The van der Waals surface area contributed by atoms with Crippen LogP contribution in [-0.4, -0.2) is 18.9 Å². The zero-order valence-corrected chi connectivity index (χ0v) is 28.1. The van der Waals surface area contributed by atoms with E-state index in [1.807, 2.05) is 6.07 Å². The van der Waals surface area contributed by atoms with Crippen molar-refractivity contribution < 1.29 is 19.0 Å². The fraction of sp³-hybridized carbons (Fsp3) is 0.667. The summed E-state index contributed by atoms with van der Waals surface area (Å²) in [7, 11) is 0. The van der Waals surface area contributed by atoms with E-state index in [4.69, 9.17) is 14.2 Å². The minimum Gasteiger partial charge on any atom is -0.468 e. The molecule has 43 heavy (non-hydrogen) atoms. The smallest absolute Gasteiger partial charge is 0.314 e. The number of benzene rings is 2. The SMILES string of the molecule is CCCC1CCC(OCOc2ccc3c(c2)C(C)(C)c2cc(OC(=O)C4CCC(CCC)C(C)C4C)ccc2-3)C(C)C1C. The van der Waals surface area contributed by atoms with Crippen LogP contribution in [0.1, 0.15) is 118 Å². The van der Waals surface area contributed by atoms with Gasteiger partial charge in [-0.3, -0.25) is 4.79 Å². The van der Waals surface area contributed by atoms with E-state index < -0.39 is 0 Å². The van der Waals surface area contributed by atoms with Crippen LogP contribution in [0.3, 0.4) is 0 Å². The van der Waals surface area contributed by atoms with Gasteiger partial charge >= 0.3 is 5.97 Å². The van der Waals surface area contributed by atoms with Crippen LogP contribution < -0.4 is 9.47 Å². The zero-order chi connectivity index (χ0) is 30.9. The number of hydrogen-bond donors (Lipinski definition) is 0.